The van der Waals surface area contributed by atoms with Crippen molar-refractivity contribution in [2.75, 3.05) is 6.61 Å². The van der Waals surface area contributed by atoms with Gasteiger partial charge in [-0.05, 0) is 213 Å². The van der Waals surface area contributed by atoms with E-state index < -0.39 is 6.10 Å². The lowest BCUT2D eigenvalue weighted by Gasteiger charge is -2.39. The molecule has 0 spiro atoms. The molecule has 0 saturated carbocycles. The number of carbonyl (C=O) groups excluding carboxylic acids is 1. The minimum absolute atomic E-state index is 0.0823. The van der Waals surface area contributed by atoms with Crippen molar-refractivity contribution >= 4 is 72.9 Å². The third-order valence-corrected chi connectivity index (χ3v) is 24.6. The van der Waals surface area contributed by atoms with E-state index in [1.165, 1.54) is 196 Å². The summed E-state index contributed by atoms with van der Waals surface area (Å²) in [4.78, 5) is 22.5. The van der Waals surface area contributed by atoms with Crippen LogP contribution in [-0.2, 0) is 21.4 Å². The van der Waals surface area contributed by atoms with Crippen molar-refractivity contribution in [1.29, 1.82) is 0 Å². The van der Waals surface area contributed by atoms with E-state index in [1.54, 1.807) is 23.3 Å². The average Bonchev–Trinajstić information content (AvgIpc) is 1.55. The summed E-state index contributed by atoms with van der Waals surface area (Å²) in [5, 5.41) is 4.97. The number of allylic oxidation sites excluding steroid dienone is 2. The van der Waals surface area contributed by atoms with Gasteiger partial charge in [0.15, 0.2) is 0 Å². The monoisotopic (exact) mass is 1320 g/mol. The smallest absolute Gasteiger partial charge is 0.306 e. The SMILES string of the molecule is C=CC(C=C)Cc1ccc2cc(-c3ccc(-c4ccc(-c5ccc6c(c5)C(CCCCCCCC)(C(C)CCCCCC)c5cc(-c7ccc(-c8ccc(-c9ccc%10cc(OCCCCCCCCCCC(=O)OC(C=C)C=C)ccc%10c9)s8)s7)ccc5-6)s4)s3)ccc2c1. The minimum atomic E-state index is -0.395. The number of hydrogen-bond donors (Lipinski definition) is 0. The van der Waals surface area contributed by atoms with Gasteiger partial charge in [0.25, 0.3) is 0 Å². The Labute approximate surface area is 578 Å². The molecular weight excluding hydrogens is 1220 g/mol. The van der Waals surface area contributed by atoms with E-state index in [0.29, 0.717) is 12.3 Å². The van der Waals surface area contributed by atoms with Crippen LogP contribution in [0.1, 0.15) is 172 Å². The van der Waals surface area contributed by atoms with E-state index in [0.717, 1.165) is 50.9 Å². The van der Waals surface area contributed by atoms with E-state index in [2.05, 4.69) is 205 Å². The van der Waals surface area contributed by atoms with Crippen LogP contribution in [0.3, 0.4) is 0 Å². The van der Waals surface area contributed by atoms with Gasteiger partial charge in [-0.25, -0.2) is 0 Å². The molecule has 0 bridgehead atoms. The van der Waals surface area contributed by atoms with Gasteiger partial charge in [-0.3, -0.25) is 4.79 Å². The summed E-state index contributed by atoms with van der Waals surface area (Å²) in [6, 6.07) is 61.0. The van der Waals surface area contributed by atoms with Gasteiger partial charge in [-0.15, -0.1) is 58.5 Å². The van der Waals surface area contributed by atoms with Crippen molar-refractivity contribution in [3.8, 4) is 78.1 Å². The Morgan fingerprint density at radius 3 is 1.38 bits per heavy atom. The molecule has 0 radical (unpaired) electrons. The van der Waals surface area contributed by atoms with E-state index in [-0.39, 0.29) is 17.3 Å². The van der Waals surface area contributed by atoms with Crippen LogP contribution in [0, 0.1) is 11.8 Å². The lowest BCUT2D eigenvalue weighted by atomic mass is 9.64. The van der Waals surface area contributed by atoms with Crippen molar-refractivity contribution in [2.24, 2.45) is 11.8 Å². The summed E-state index contributed by atoms with van der Waals surface area (Å²) in [7, 11) is 0. The highest BCUT2D eigenvalue weighted by molar-refractivity contribution is 7.25. The molecule has 4 heterocycles. The lowest BCUT2D eigenvalue weighted by molar-refractivity contribution is -0.145. The lowest BCUT2D eigenvalue weighted by Crippen LogP contribution is -2.33. The first-order valence-corrected chi connectivity index (χ1v) is 38.5. The topological polar surface area (TPSA) is 35.5 Å². The number of thiophene rings is 4. The zero-order chi connectivity index (χ0) is 65.2. The number of benzene rings is 6. The van der Waals surface area contributed by atoms with Gasteiger partial charge in [0.1, 0.15) is 11.9 Å². The molecule has 1 aliphatic rings. The molecule has 0 N–H and O–H groups in total. The number of carbonyl (C=O) groups is 1. The van der Waals surface area contributed by atoms with Crippen molar-refractivity contribution < 1.29 is 14.3 Å². The largest absolute Gasteiger partial charge is 0.494 e. The predicted octanol–water partition coefficient (Wildman–Crippen LogP) is 27.6. The fraction of sp³-hybridized carbons (Fsp3) is 0.345. The number of fused-ring (bicyclic) bond motifs is 5. The number of esters is 1. The molecule has 486 valence electrons. The normalized spacial score (nSPS) is 13.8. The second-order valence-corrected chi connectivity index (χ2v) is 30.6. The molecule has 7 heteroatoms. The summed E-state index contributed by atoms with van der Waals surface area (Å²) < 4.78 is 11.6. The maximum atomic E-state index is 12.0. The van der Waals surface area contributed by atoms with E-state index >= 15 is 0 Å². The molecule has 11 rings (SSSR count). The number of unbranched alkanes of at least 4 members (excludes halogenated alkanes) is 15. The van der Waals surface area contributed by atoms with E-state index in [1.807, 2.05) is 57.5 Å². The van der Waals surface area contributed by atoms with Crippen molar-refractivity contribution in [3.63, 3.8) is 0 Å². The third-order valence-electron chi connectivity index (χ3n) is 19.7. The quantitative estimate of drug-likeness (QED) is 0.0220. The summed E-state index contributed by atoms with van der Waals surface area (Å²) in [5.74, 6) is 1.53. The fourth-order valence-corrected chi connectivity index (χ4v) is 18.4. The van der Waals surface area contributed by atoms with Crippen LogP contribution in [0.15, 0.2) is 208 Å². The molecule has 0 aliphatic heterocycles. The van der Waals surface area contributed by atoms with Gasteiger partial charge in [0, 0.05) is 50.9 Å². The summed E-state index contributed by atoms with van der Waals surface area (Å²) >= 11 is 7.67. The second-order valence-electron chi connectivity index (χ2n) is 26.2. The Kier molecular flexibility index (Phi) is 24.3. The number of ether oxygens (including phenoxy) is 2. The van der Waals surface area contributed by atoms with Gasteiger partial charge in [0.2, 0.25) is 0 Å². The van der Waals surface area contributed by atoms with E-state index in [4.69, 9.17) is 9.47 Å². The maximum Gasteiger partial charge on any atom is 0.306 e. The van der Waals surface area contributed by atoms with Gasteiger partial charge in [-0.2, -0.15) is 0 Å². The molecule has 0 amide bonds. The van der Waals surface area contributed by atoms with Gasteiger partial charge in [-0.1, -0.05) is 222 Å². The molecule has 6 aromatic carbocycles. The molecular formula is C87H96O3S4. The first-order valence-electron chi connectivity index (χ1n) is 35.2. The predicted molar refractivity (Wildman–Crippen MR) is 413 cm³/mol. The van der Waals surface area contributed by atoms with Crippen molar-refractivity contribution in [1.82, 2.24) is 0 Å². The van der Waals surface area contributed by atoms with Crippen LogP contribution < -0.4 is 4.74 Å². The highest BCUT2D eigenvalue weighted by atomic mass is 32.1. The standard InChI is InChI=1S/C87H96O3S4/c1-8-14-16-18-24-28-52-87(61(7)30-26-17-15-9-2)76-59-70(80-46-50-84(93-80)82-48-44-78(91-82)68-36-34-64-55-63(32-33-65(64)56-68)54-62(10-3)11-4)39-42-74(76)75-43-40-71(60-77(75)87)81-47-51-85(94-81)83-49-45-79(92-83)69-37-35-67-58-73(41-38-66(67)57-69)89-53-29-25-22-20-19-21-23-27-31-86(88)90-72(12-5)13-6/h10-13,32-51,55-62,72H,3-6,8-9,14-31,52-54H2,1-2,7H3. The number of hydrogen-bond acceptors (Lipinski definition) is 7. The molecule has 0 saturated heterocycles. The van der Waals surface area contributed by atoms with Crippen LogP contribution in [0.5, 0.6) is 5.75 Å². The molecule has 10 aromatic rings. The van der Waals surface area contributed by atoms with Crippen molar-refractivity contribution in [2.45, 2.75) is 174 Å². The molecule has 3 nitrogen and oxygen atoms in total. The maximum absolute atomic E-state index is 12.0. The van der Waals surface area contributed by atoms with E-state index in [9.17, 15) is 4.79 Å². The van der Waals surface area contributed by atoms with Crippen LogP contribution >= 0.6 is 45.3 Å². The zero-order valence-corrected chi connectivity index (χ0v) is 59.3. The summed E-state index contributed by atoms with van der Waals surface area (Å²) in [5.41, 5.74) is 12.4. The zero-order valence-electron chi connectivity index (χ0n) is 56.0. The Bertz CT molecular complexity index is 4160. The van der Waals surface area contributed by atoms with Gasteiger partial charge >= 0.3 is 5.97 Å². The summed E-state index contributed by atoms with van der Waals surface area (Å²) in [6.07, 6.45) is 32.4. The van der Waals surface area contributed by atoms with Crippen LogP contribution in [0.25, 0.3) is 93.9 Å². The van der Waals surface area contributed by atoms with Crippen molar-refractivity contribution in [3.05, 3.63) is 225 Å². The van der Waals surface area contributed by atoms with Crippen LogP contribution in [0.4, 0.5) is 0 Å². The average molecular weight is 1320 g/mol. The second kappa shape index (κ2) is 33.5. The van der Waals surface area contributed by atoms with Gasteiger partial charge < -0.3 is 9.47 Å². The molecule has 94 heavy (non-hydrogen) atoms. The van der Waals surface area contributed by atoms with Crippen LogP contribution in [0.2, 0.25) is 0 Å². The molecule has 4 aromatic heterocycles. The first kappa shape index (κ1) is 68.3. The highest BCUT2D eigenvalue weighted by Gasteiger charge is 2.47. The Hall–Kier alpha value is -7.13. The Morgan fingerprint density at radius 1 is 0.436 bits per heavy atom. The molecule has 2 atom stereocenters. The molecule has 1 aliphatic carbocycles. The third kappa shape index (κ3) is 16.6. The first-order chi connectivity index (χ1) is 46.1. The Balaban J connectivity index is 0.774. The summed E-state index contributed by atoms with van der Waals surface area (Å²) in [6.45, 7) is 23.4. The minimum Gasteiger partial charge on any atom is -0.494 e. The fourth-order valence-electron chi connectivity index (χ4n) is 14.2. The number of rotatable bonds is 38. The van der Waals surface area contributed by atoms with Gasteiger partial charge in [0.05, 0.1) is 6.61 Å². The Morgan fingerprint density at radius 2 is 0.862 bits per heavy atom. The molecule has 2 unspecified atom stereocenters. The van der Waals surface area contributed by atoms with Crippen LogP contribution in [-0.4, -0.2) is 18.7 Å². The highest BCUT2D eigenvalue weighted by Crippen LogP contribution is 2.58. The molecule has 0 fully saturated rings.